The van der Waals surface area contributed by atoms with Gasteiger partial charge in [-0.15, -0.1) is 12.3 Å². The fraction of sp³-hybridized carbons (Fsp3) is 0.636. The van der Waals surface area contributed by atoms with Crippen molar-refractivity contribution in [2.45, 2.75) is 18.9 Å². The van der Waals surface area contributed by atoms with Gasteiger partial charge in [-0.2, -0.15) is 0 Å². The molecule has 0 radical (unpaired) electrons. The molecule has 0 aromatic carbocycles. The summed E-state index contributed by atoms with van der Waals surface area (Å²) in [5.41, 5.74) is 0. The minimum absolute atomic E-state index is 0.0238. The van der Waals surface area contributed by atoms with Gasteiger partial charge in [-0.05, 0) is 6.42 Å². The van der Waals surface area contributed by atoms with Gasteiger partial charge in [0.25, 0.3) is 0 Å². The van der Waals surface area contributed by atoms with E-state index in [1.165, 1.54) is 4.90 Å². The van der Waals surface area contributed by atoms with Gasteiger partial charge in [0.15, 0.2) is 0 Å². The highest BCUT2D eigenvalue weighted by atomic mass is 16.4. The van der Waals surface area contributed by atoms with Crippen LogP contribution in [0.2, 0.25) is 0 Å². The first kappa shape index (κ1) is 10.8. The number of hydrogen-bond acceptors (Lipinski definition) is 2. The first-order valence-corrected chi connectivity index (χ1v) is 5.35. The lowest BCUT2D eigenvalue weighted by Crippen LogP contribution is -2.52. The number of carboxylic acid groups (broad SMARTS) is 1. The molecule has 0 saturated carbocycles. The third kappa shape index (κ3) is 1.71. The van der Waals surface area contributed by atoms with Crippen LogP contribution in [0.25, 0.3) is 0 Å². The van der Waals surface area contributed by atoms with E-state index in [9.17, 15) is 9.59 Å². The van der Waals surface area contributed by atoms with Gasteiger partial charge in [0.1, 0.15) is 0 Å². The van der Waals surface area contributed by atoms with Gasteiger partial charge in [-0.1, -0.05) is 0 Å². The SMILES string of the molecule is C#CC[C@H]1C[C@H]2CN(C(=O)O)CCN2C1=O. The Morgan fingerprint density at radius 3 is 2.94 bits per heavy atom. The second kappa shape index (κ2) is 4.05. The molecule has 5 heteroatoms. The highest BCUT2D eigenvalue weighted by Crippen LogP contribution is 2.29. The summed E-state index contributed by atoms with van der Waals surface area (Å²) in [6.45, 7) is 1.32. The van der Waals surface area contributed by atoms with Crippen LogP contribution in [0.4, 0.5) is 4.79 Å². The van der Waals surface area contributed by atoms with Crippen LogP contribution >= 0.6 is 0 Å². The third-order valence-electron chi connectivity index (χ3n) is 3.31. The first-order valence-electron chi connectivity index (χ1n) is 5.35. The second-order valence-electron chi connectivity index (χ2n) is 4.25. The lowest BCUT2D eigenvalue weighted by atomic mass is 10.0. The average molecular weight is 222 g/mol. The van der Waals surface area contributed by atoms with E-state index >= 15 is 0 Å². The van der Waals surface area contributed by atoms with Crippen LogP contribution < -0.4 is 0 Å². The Morgan fingerprint density at radius 1 is 1.56 bits per heavy atom. The lowest BCUT2D eigenvalue weighted by Gasteiger charge is -2.35. The van der Waals surface area contributed by atoms with Crippen LogP contribution in [-0.4, -0.2) is 52.6 Å². The molecule has 2 fully saturated rings. The maximum atomic E-state index is 11.9. The van der Waals surface area contributed by atoms with Crippen LogP contribution in [-0.2, 0) is 4.79 Å². The van der Waals surface area contributed by atoms with Crippen molar-refractivity contribution in [2.24, 2.45) is 5.92 Å². The summed E-state index contributed by atoms with van der Waals surface area (Å²) < 4.78 is 0. The van der Waals surface area contributed by atoms with Gasteiger partial charge in [0.05, 0.1) is 12.0 Å². The average Bonchev–Trinajstić information content (AvgIpc) is 2.56. The molecule has 0 aromatic heterocycles. The summed E-state index contributed by atoms with van der Waals surface area (Å²) in [4.78, 5) is 25.8. The minimum Gasteiger partial charge on any atom is -0.465 e. The zero-order valence-electron chi connectivity index (χ0n) is 8.93. The van der Waals surface area contributed by atoms with E-state index in [1.54, 1.807) is 4.90 Å². The number of amides is 2. The Labute approximate surface area is 94.0 Å². The molecule has 2 aliphatic rings. The number of terminal acetylenes is 1. The number of rotatable bonds is 1. The maximum Gasteiger partial charge on any atom is 0.407 e. The highest BCUT2D eigenvalue weighted by molar-refractivity contribution is 5.82. The Hall–Kier alpha value is -1.70. The molecule has 86 valence electrons. The van der Waals surface area contributed by atoms with Gasteiger partial charge in [0, 0.05) is 26.1 Å². The summed E-state index contributed by atoms with van der Waals surface area (Å²) in [5.74, 6) is 2.49. The molecule has 2 aliphatic heterocycles. The quantitative estimate of drug-likeness (QED) is 0.646. The fourth-order valence-electron chi connectivity index (χ4n) is 2.50. The Bertz CT molecular complexity index is 361. The van der Waals surface area contributed by atoms with Crippen molar-refractivity contribution < 1.29 is 14.7 Å². The van der Waals surface area contributed by atoms with E-state index in [0.29, 0.717) is 32.5 Å². The first-order chi connectivity index (χ1) is 7.63. The zero-order chi connectivity index (χ0) is 11.7. The van der Waals surface area contributed by atoms with E-state index in [4.69, 9.17) is 11.5 Å². The van der Waals surface area contributed by atoms with Crippen LogP contribution in [0.15, 0.2) is 0 Å². The minimum atomic E-state index is -0.910. The molecule has 0 bridgehead atoms. The highest BCUT2D eigenvalue weighted by Gasteiger charge is 2.42. The molecule has 2 heterocycles. The topological polar surface area (TPSA) is 60.9 Å². The summed E-state index contributed by atoms with van der Waals surface area (Å²) in [7, 11) is 0. The smallest absolute Gasteiger partial charge is 0.407 e. The van der Waals surface area contributed by atoms with Gasteiger partial charge < -0.3 is 14.9 Å². The molecule has 2 amide bonds. The van der Waals surface area contributed by atoms with Gasteiger partial charge >= 0.3 is 6.09 Å². The van der Waals surface area contributed by atoms with Crippen molar-refractivity contribution in [2.75, 3.05) is 19.6 Å². The molecule has 2 saturated heterocycles. The summed E-state index contributed by atoms with van der Waals surface area (Å²) in [6, 6.07) is 0.0238. The fourth-order valence-corrected chi connectivity index (χ4v) is 2.50. The molecular formula is C11H14N2O3. The number of carbonyl (C=O) groups excluding carboxylic acids is 1. The number of hydrogen-bond donors (Lipinski definition) is 1. The molecule has 0 aliphatic carbocycles. The molecule has 0 spiro atoms. The molecule has 2 rings (SSSR count). The van der Waals surface area contributed by atoms with Crippen molar-refractivity contribution >= 4 is 12.0 Å². The molecule has 16 heavy (non-hydrogen) atoms. The molecule has 0 unspecified atom stereocenters. The summed E-state index contributed by atoms with van der Waals surface area (Å²) in [5, 5.41) is 8.88. The predicted octanol–water partition coefficient (Wildman–Crippen LogP) is 0.220. The van der Waals surface area contributed by atoms with Crippen LogP contribution in [0.5, 0.6) is 0 Å². The number of carbonyl (C=O) groups is 2. The maximum absolute atomic E-state index is 11.9. The van der Waals surface area contributed by atoms with Crippen molar-refractivity contribution in [3.63, 3.8) is 0 Å². The van der Waals surface area contributed by atoms with Crippen LogP contribution in [0, 0.1) is 18.3 Å². The second-order valence-corrected chi connectivity index (χ2v) is 4.25. The normalized spacial score (nSPS) is 28.8. The van der Waals surface area contributed by atoms with E-state index in [1.807, 2.05) is 0 Å². The standard InChI is InChI=1S/C11H14N2O3/c1-2-3-8-6-9-7-12(11(15)16)4-5-13(9)10(8)14/h1,8-9H,3-7H2,(H,15,16)/t8-,9-/m0/s1. The molecular weight excluding hydrogens is 208 g/mol. The number of piperazine rings is 1. The van der Waals surface area contributed by atoms with Crippen molar-refractivity contribution in [3.05, 3.63) is 0 Å². The van der Waals surface area contributed by atoms with E-state index in [-0.39, 0.29) is 17.9 Å². The molecule has 1 N–H and O–H groups in total. The monoisotopic (exact) mass is 222 g/mol. The largest absolute Gasteiger partial charge is 0.465 e. The van der Waals surface area contributed by atoms with Gasteiger partial charge in [0.2, 0.25) is 5.91 Å². The van der Waals surface area contributed by atoms with E-state index in [2.05, 4.69) is 5.92 Å². The van der Waals surface area contributed by atoms with Crippen molar-refractivity contribution in [3.8, 4) is 12.3 Å². The number of nitrogens with zero attached hydrogens (tertiary/aromatic N) is 2. The molecule has 5 nitrogen and oxygen atoms in total. The van der Waals surface area contributed by atoms with Crippen LogP contribution in [0.1, 0.15) is 12.8 Å². The van der Waals surface area contributed by atoms with E-state index in [0.717, 1.165) is 0 Å². The van der Waals surface area contributed by atoms with Crippen LogP contribution in [0.3, 0.4) is 0 Å². The third-order valence-corrected chi connectivity index (χ3v) is 3.31. The van der Waals surface area contributed by atoms with Crippen molar-refractivity contribution in [1.82, 2.24) is 9.80 Å². The summed E-state index contributed by atoms with van der Waals surface area (Å²) >= 11 is 0. The van der Waals surface area contributed by atoms with Gasteiger partial charge in [-0.3, -0.25) is 4.79 Å². The predicted molar refractivity (Wildman–Crippen MR) is 56.7 cm³/mol. The molecule has 0 aromatic rings. The van der Waals surface area contributed by atoms with E-state index < -0.39 is 6.09 Å². The molecule has 2 atom stereocenters. The number of fused-ring (bicyclic) bond motifs is 1. The zero-order valence-corrected chi connectivity index (χ0v) is 8.93. The Balaban J connectivity index is 2.04. The Morgan fingerprint density at radius 2 is 2.31 bits per heavy atom. The summed E-state index contributed by atoms with van der Waals surface area (Å²) in [6.07, 6.45) is 5.45. The lowest BCUT2D eigenvalue weighted by molar-refractivity contribution is -0.133. The van der Waals surface area contributed by atoms with Gasteiger partial charge in [-0.25, -0.2) is 4.79 Å². The Kier molecular flexibility index (Phi) is 2.73. The van der Waals surface area contributed by atoms with Crippen molar-refractivity contribution in [1.29, 1.82) is 0 Å².